The Kier molecular flexibility index (Phi) is 8.78. The van der Waals surface area contributed by atoms with Crippen LogP contribution in [-0.4, -0.2) is 37.5 Å². The van der Waals surface area contributed by atoms with Gasteiger partial charge >= 0.3 is 6.03 Å². The van der Waals surface area contributed by atoms with E-state index in [9.17, 15) is 19.2 Å². The van der Waals surface area contributed by atoms with Crippen molar-refractivity contribution in [2.45, 2.75) is 13.8 Å². The second kappa shape index (κ2) is 12.8. The van der Waals surface area contributed by atoms with Crippen molar-refractivity contribution in [3.8, 4) is 11.5 Å². The lowest BCUT2D eigenvalue weighted by Crippen LogP contribution is -2.57. The van der Waals surface area contributed by atoms with Gasteiger partial charge in [0.25, 0.3) is 17.7 Å². The number of aryl methyl sites for hydroxylation is 2. The molecular weight excluding hydrogens is 582 g/mol. The van der Waals surface area contributed by atoms with Crippen LogP contribution in [0, 0.1) is 13.8 Å². The number of hydrogen-bond acceptors (Lipinski definition) is 6. The van der Waals surface area contributed by atoms with Gasteiger partial charge in [-0.2, -0.15) is 0 Å². The number of para-hydroxylation sites is 2. The highest BCUT2D eigenvalue weighted by Crippen LogP contribution is 2.38. The van der Waals surface area contributed by atoms with Crippen LogP contribution in [0.2, 0.25) is 5.02 Å². The predicted molar refractivity (Wildman–Crippen MR) is 169 cm³/mol. The topological polar surface area (TPSA) is 105 Å². The third kappa shape index (κ3) is 6.18. The first-order valence-corrected chi connectivity index (χ1v) is 14.0. The van der Waals surface area contributed by atoms with Gasteiger partial charge in [-0.1, -0.05) is 54.1 Å². The number of barbiturate groups is 1. The zero-order valence-electron chi connectivity index (χ0n) is 24.2. The zero-order chi connectivity index (χ0) is 31.4. The minimum atomic E-state index is -0.798. The third-order valence-electron chi connectivity index (χ3n) is 6.98. The molecule has 0 bridgehead atoms. The Bertz CT molecular complexity index is 1730. The summed E-state index contributed by atoms with van der Waals surface area (Å²) < 4.78 is 11.2. The molecule has 4 aromatic carbocycles. The summed E-state index contributed by atoms with van der Waals surface area (Å²) in [6.07, 6.45) is 1.34. The van der Waals surface area contributed by atoms with Crippen LogP contribution in [0.5, 0.6) is 11.5 Å². The number of rotatable bonds is 8. The fraction of sp³-hybridized carbons (Fsp3) is 0.118. The molecular formula is C34H28ClN3O6. The molecule has 1 aliphatic heterocycles. The van der Waals surface area contributed by atoms with Gasteiger partial charge in [0.1, 0.15) is 5.57 Å². The SMILES string of the molecule is COc1cc(C=C2C(=O)N(c3ccccc3)C(=O)N(c3ccccc3)C2=O)cc(Cl)c1OCC(=O)Nc1ccc(C)c(C)c1. The lowest BCUT2D eigenvalue weighted by atomic mass is 10.0. The van der Waals surface area contributed by atoms with Gasteiger partial charge in [-0.3, -0.25) is 14.4 Å². The Morgan fingerprint density at radius 1 is 0.818 bits per heavy atom. The number of carbonyl (C=O) groups is 4. The van der Waals surface area contributed by atoms with E-state index >= 15 is 0 Å². The summed E-state index contributed by atoms with van der Waals surface area (Å²) in [7, 11) is 1.40. The van der Waals surface area contributed by atoms with Crippen LogP contribution in [0.15, 0.2) is 96.6 Å². The molecule has 0 spiro atoms. The number of benzene rings is 4. The maximum atomic E-state index is 13.7. The highest BCUT2D eigenvalue weighted by Gasteiger charge is 2.43. The van der Waals surface area contributed by atoms with E-state index in [1.54, 1.807) is 66.7 Å². The molecule has 0 radical (unpaired) electrons. The van der Waals surface area contributed by atoms with Gasteiger partial charge < -0.3 is 14.8 Å². The van der Waals surface area contributed by atoms with E-state index in [-0.39, 0.29) is 28.7 Å². The Morgan fingerprint density at radius 3 is 1.95 bits per heavy atom. The van der Waals surface area contributed by atoms with E-state index in [2.05, 4.69) is 5.32 Å². The quantitative estimate of drug-likeness (QED) is 0.179. The molecule has 0 saturated carbocycles. The van der Waals surface area contributed by atoms with Gasteiger partial charge in [0.15, 0.2) is 18.1 Å². The molecule has 9 nitrogen and oxygen atoms in total. The molecule has 0 aromatic heterocycles. The second-order valence-corrected chi connectivity index (χ2v) is 10.4. The Balaban J connectivity index is 1.45. The largest absolute Gasteiger partial charge is 0.493 e. The van der Waals surface area contributed by atoms with E-state index in [1.165, 1.54) is 25.3 Å². The molecule has 0 unspecified atom stereocenters. The summed E-state index contributed by atoms with van der Waals surface area (Å²) in [5.41, 5.74) is 3.46. The number of amides is 5. The normalized spacial score (nSPS) is 13.2. The molecule has 5 rings (SSSR count). The summed E-state index contributed by atoms with van der Waals surface area (Å²) >= 11 is 6.55. The summed E-state index contributed by atoms with van der Waals surface area (Å²) in [6, 6.07) is 24.5. The summed E-state index contributed by atoms with van der Waals surface area (Å²) in [5, 5.41) is 2.87. The first-order chi connectivity index (χ1) is 21.2. The van der Waals surface area contributed by atoms with E-state index < -0.39 is 23.8 Å². The number of nitrogens with zero attached hydrogens (tertiary/aromatic N) is 2. The van der Waals surface area contributed by atoms with Gasteiger partial charge in [0.2, 0.25) is 0 Å². The molecule has 5 amide bonds. The molecule has 1 heterocycles. The van der Waals surface area contributed by atoms with Crippen LogP contribution in [0.1, 0.15) is 16.7 Å². The number of urea groups is 1. The van der Waals surface area contributed by atoms with E-state index in [0.29, 0.717) is 22.6 Å². The number of methoxy groups -OCH3 is 1. The van der Waals surface area contributed by atoms with Gasteiger partial charge in [-0.25, -0.2) is 14.6 Å². The highest BCUT2D eigenvalue weighted by atomic mass is 35.5. The van der Waals surface area contributed by atoms with E-state index in [0.717, 1.165) is 20.9 Å². The maximum absolute atomic E-state index is 13.7. The van der Waals surface area contributed by atoms with Gasteiger partial charge in [-0.15, -0.1) is 0 Å². The summed E-state index contributed by atoms with van der Waals surface area (Å²) in [4.78, 5) is 55.3. The first kappa shape index (κ1) is 30.1. The van der Waals surface area contributed by atoms with Crippen LogP contribution in [0.25, 0.3) is 6.08 Å². The van der Waals surface area contributed by atoms with Crippen molar-refractivity contribution in [3.05, 3.63) is 118 Å². The smallest absolute Gasteiger partial charge is 0.343 e. The lowest BCUT2D eigenvalue weighted by molar-refractivity contribution is -0.121. The molecule has 1 aliphatic rings. The van der Waals surface area contributed by atoms with Crippen LogP contribution < -0.4 is 24.6 Å². The zero-order valence-corrected chi connectivity index (χ0v) is 24.9. The van der Waals surface area contributed by atoms with Gasteiger partial charge in [-0.05, 0) is 85.1 Å². The van der Waals surface area contributed by atoms with Crippen molar-refractivity contribution in [1.29, 1.82) is 0 Å². The van der Waals surface area contributed by atoms with Crippen molar-refractivity contribution in [1.82, 2.24) is 0 Å². The number of nitrogens with one attached hydrogen (secondary N) is 1. The number of ether oxygens (including phenoxy) is 2. The van der Waals surface area contributed by atoms with Gasteiger partial charge in [0, 0.05) is 5.69 Å². The van der Waals surface area contributed by atoms with Crippen molar-refractivity contribution in [2.75, 3.05) is 28.8 Å². The Labute approximate surface area is 259 Å². The number of anilines is 3. The van der Waals surface area contributed by atoms with Crippen molar-refractivity contribution in [3.63, 3.8) is 0 Å². The molecule has 1 N–H and O–H groups in total. The van der Waals surface area contributed by atoms with Crippen LogP contribution in [-0.2, 0) is 14.4 Å². The number of hydrogen-bond donors (Lipinski definition) is 1. The Morgan fingerprint density at radius 2 is 1.41 bits per heavy atom. The molecule has 1 saturated heterocycles. The van der Waals surface area contributed by atoms with E-state index in [1.807, 2.05) is 26.0 Å². The number of carbonyl (C=O) groups excluding carboxylic acids is 4. The second-order valence-electron chi connectivity index (χ2n) is 9.96. The minimum absolute atomic E-state index is 0.0850. The Hall–Kier alpha value is -5.41. The average molecular weight is 610 g/mol. The molecule has 222 valence electrons. The van der Waals surface area contributed by atoms with Crippen LogP contribution in [0.4, 0.5) is 21.9 Å². The van der Waals surface area contributed by atoms with Crippen LogP contribution >= 0.6 is 11.6 Å². The lowest BCUT2D eigenvalue weighted by Gasteiger charge is -2.34. The average Bonchev–Trinajstić information content (AvgIpc) is 3.01. The number of imide groups is 2. The fourth-order valence-corrected chi connectivity index (χ4v) is 4.90. The molecule has 4 aromatic rings. The molecule has 0 atom stereocenters. The summed E-state index contributed by atoms with van der Waals surface area (Å²) in [6.45, 7) is 3.59. The number of halogens is 1. The van der Waals surface area contributed by atoms with Crippen molar-refractivity contribution >= 4 is 58.5 Å². The molecule has 1 fully saturated rings. The minimum Gasteiger partial charge on any atom is -0.493 e. The third-order valence-corrected chi connectivity index (χ3v) is 7.26. The predicted octanol–water partition coefficient (Wildman–Crippen LogP) is 6.57. The summed E-state index contributed by atoms with van der Waals surface area (Å²) in [5.74, 6) is -1.70. The fourth-order valence-electron chi connectivity index (χ4n) is 4.62. The monoisotopic (exact) mass is 609 g/mol. The molecule has 0 aliphatic carbocycles. The first-order valence-electron chi connectivity index (χ1n) is 13.6. The molecule has 10 heteroatoms. The van der Waals surface area contributed by atoms with Crippen molar-refractivity contribution < 1.29 is 28.7 Å². The maximum Gasteiger partial charge on any atom is 0.343 e. The van der Waals surface area contributed by atoms with Crippen molar-refractivity contribution in [2.24, 2.45) is 0 Å². The standard InChI is InChI=1S/C34H28ClN3O6/c1-21-14-15-24(16-22(21)2)36-30(39)20-44-31-28(35)18-23(19-29(31)43-3)17-27-32(40)37(25-10-6-4-7-11-25)34(42)38(33(27)41)26-12-8-5-9-13-26/h4-19H,20H2,1-3H3,(H,36,39). The molecule has 44 heavy (non-hydrogen) atoms. The highest BCUT2D eigenvalue weighted by molar-refractivity contribution is 6.46. The van der Waals surface area contributed by atoms with Crippen LogP contribution in [0.3, 0.4) is 0 Å². The van der Waals surface area contributed by atoms with Gasteiger partial charge in [0.05, 0.1) is 23.5 Å². The van der Waals surface area contributed by atoms with E-state index in [4.69, 9.17) is 21.1 Å².